The first kappa shape index (κ1) is 13.9. The van der Waals surface area contributed by atoms with Crippen LogP contribution in [0, 0.1) is 6.92 Å². The molecule has 0 saturated carbocycles. The van der Waals surface area contributed by atoms with Gasteiger partial charge in [0.25, 0.3) is 5.19 Å². The number of hydrogen-bond donors (Lipinski definition) is 1. The van der Waals surface area contributed by atoms with Crippen LogP contribution in [-0.4, -0.2) is 20.7 Å². The van der Waals surface area contributed by atoms with Crippen molar-refractivity contribution in [2.75, 3.05) is 0 Å². The van der Waals surface area contributed by atoms with Crippen molar-refractivity contribution in [1.82, 2.24) is 20.5 Å². The van der Waals surface area contributed by atoms with Crippen molar-refractivity contribution in [2.24, 2.45) is 0 Å². The van der Waals surface area contributed by atoms with Crippen LogP contribution in [0.4, 0.5) is 0 Å². The Morgan fingerprint density at radius 2 is 2.05 bits per heavy atom. The van der Waals surface area contributed by atoms with E-state index >= 15 is 0 Å². The van der Waals surface area contributed by atoms with Crippen LogP contribution >= 0.6 is 11.3 Å². The molecule has 0 aliphatic rings. The average Bonchev–Trinajstić information content (AvgIpc) is 2.77. The standard InChI is InChI=1S/C13H18N4OS/c1-9-5-6-10(7-14-9)18-12-17-16-11(19-12)8-15-13(2,3)4/h5-7,15H,8H2,1-4H3. The zero-order chi connectivity index (χ0) is 13.9. The quantitative estimate of drug-likeness (QED) is 0.931. The van der Waals surface area contributed by atoms with Crippen LogP contribution in [0.15, 0.2) is 18.3 Å². The molecule has 0 radical (unpaired) electrons. The van der Waals surface area contributed by atoms with Gasteiger partial charge in [-0.05, 0) is 39.8 Å². The molecule has 5 nitrogen and oxygen atoms in total. The maximum absolute atomic E-state index is 5.60. The topological polar surface area (TPSA) is 59.9 Å². The highest BCUT2D eigenvalue weighted by molar-refractivity contribution is 7.13. The number of pyridine rings is 1. The molecule has 6 heteroatoms. The Bertz CT molecular complexity index is 530. The lowest BCUT2D eigenvalue weighted by molar-refractivity contribution is 0.423. The summed E-state index contributed by atoms with van der Waals surface area (Å²) in [6, 6.07) is 3.77. The van der Waals surface area contributed by atoms with Crippen molar-refractivity contribution in [3.8, 4) is 10.9 Å². The predicted octanol–water partition coefficient (Wildman–Crippen LogP) is 2.92. The fourth-order valence-electron chi connectivity index (χ4n) is 1.31. The molecule has 0 atom stereocenters. The van der Waals surface area contributed by atoms with E-state index in [0.29, 0.717) is 17.5 Å². The number of aryl methyl sites for hydroxylation is 1. The van der Waals surface area contributed by atoms with E-state index in [9.17, 15) is 0 Å². The molecule has 0 aliphatic carbocycles. The summed E-state index contributed by atoms with van der Waals surface area (Å²) in [6.45, 7) is 8.97. The van der Waals surface area contributed by atoms with E-state index in [1.807, 2.05) is 19.1 Å². The van der Waals surface area contributed by atoms with Crippen molar-refractivity contribution in [3.63, 3.8) is 0 Å². The second-order valence-corrected chi connectivity index (χ2v) is 6.33. The maximum atomic E-state index is 5.60. The summed E-state index contributed by atoms with van der Waals surface area (Å²) in [5, 5.41) is 12.9. The van der Waals surface area contributed by atoms with E-state index in [4.69, 9.17) is 4.74 Å². The van der Waals surface area contributed by atoms with Crippen LogP contribution in [0.2, 0.25) is 0 Å². The fraction of sp³-hybridized carbons (Fsp3) is 0.462. The maximum Gasteiger partial charge on any atom is 0.299 e. The van der Waals surface area contributed by atoms with Crippen LogP contribution in [-0.2, 0) is 6.54 Å². The molecule has 2 heterocycles. The molecule has 0 aromatic carbocycles. The number of ether oxygens (including phenoxy) is 1. The lowest BCUT2D eigenvalue weighted by Crippen LogP contribution is -2.35. The smallest absolute Gasteiger partial charge is 0.299 e. The summed E-state index contributed by atoms with van der Waals surface area (Å²) in [6.07, 6.45) is 1.68. The number of rotatable bonds is 4. The monoisotopic (exact) mass is 278 g/mol. The summed E-state index contributed by atoms with van der Waals surface area (Å²) in [7, 11) is 0. The van der Waals surface area contributed by atoms with Crippen LogP contribution in [0.25, 0.3) is 0 Å². The van der Waals surface area contributed by atoms with E-state index in [2.05, 4.69) is 41.3 Å². The summed E-state index contributed by atoms with van der Waals surface area (Å²) in [5.74, 6) is 0.678. The van der Waals surface area contributed by atoms with Gasteiger partial charge in [0.2, 0.25) is 0 Å². The first-order chi connectivity index (χ1) is 8.92. The number of nitrogens with zero attached hydrogens (tertiary/aromatic N) is 3. The number of aromatic nitrogens is 3. The van der Waals surface area contributed by atoms with E-state index in [-0.39, 0.29) is 5.54 Å². The molecule has 0 spiro atoms. The third-order valence-corrected chi connectivity index (χ3v) is 3.11. The van der Waals surface area contributed by atoms with Gasteiger partial charge in [0.1, 0.15) is 10.8 Å². The zero-order valence-corrected chi connectivity index (χ0v) is 12.4. The lowest BCUT2D eigenvalue weighted by Gasteiger charge is -2.19. The van der Waals surface area contributed by atoms with E-state index in [0.717, 1.165) is 10.7 Å². The van der Waals surface area contributed by atoms with Crippen molar-refractivity contribution >= 4 is 11.3 Å². The minimum Gasteiger partial charge on any atom is -0.428 e. The molecular weight excluding hydrogens is 260 g/mol. The van der Waals surface area contributed by atoms with Crippen LogP contribution in [0.1, 0.15) is 31.5 Å². The van der Waals surface area contributed by atoms with Gasteiger partial charge < -0.3 is 10.1 Å². The molecule has 0 saturated heterocycles. The summed E-state index contributed by atoms with van der Waals surface area (Å²) < 4.78 is 5.60. The van der Waals surface area contributed by atoms with Gasteiger partial charge in [-0.3, -0.25) is 4.98 Å². The van der Waals surface area contributed by atoms with E-state index in [1.165, 1.54) is 11.3 Å². The van der Waals surface area contributed by atoms with Gasteiger partial charge in [-0.15, -0.1) is 5.10 Å². The molecule has 0 amide bonds. The van der Waals surface area contributed by atoms with Crippen molar-refractivity contribution < 1.29 is 4.74 Å². The van der Waals surface area contributed by atoms with Gasteiger partial charge in [-0.1, -0.05) is 16.4 Å². The third kappa shape index (κ3) is 4.57. The minimum absolute atomic E-state index is 0.0631. The van der Waals surface area contributed by atoms with Gasteiger partial charge in [0.05, 0.1) is 12.7 Å². The molecule has 0 unspecified atom stereocenters. The second kappa shape index (κ2) is 5.63. The second-order valence-electron chi connectivity index (χ2n) is 5.30. The Morgan fingerprint density at radius 1 is 1.26 bits per heavy atom. The van der Waals surface area contributed by atoms with Gasteiger partial charge in [0, 0.05) is 11.2 Å². The predicted molar refractivity (Wildman–Crippen MR) is 75.5 cm³/mol. The van der Waals surface area contributed by atoms with Gasteiger partial charge >= 0.3 is 0 Å². The molecule has 19 heavy (non-hydrogen) atoms. The SMILES string of the molecule is Cc1ccc(Oc2nnc(CNC(C)(C)C)s2)cn1. The molecule has 2 aromatic heterocycles. The van der Waals surface area contributed by atoms with Crippen molar-refractivity contribution in [1.29, 1.82) is 0 Å². The molecule has 0 fully saturated rings. The highest BCUT2D eigenvalue weighted by Gasteiger charge is 2.11. The average molecular weight is 278 g/mol. The zero-order valence-electron chi connectivity index (χ0n) is 11.6. The van der Waals surface area contributed by atoms with E-state index < -0.39 is 0 Å². The van der Waals surface area contributed by atoms with Gasteiger partial charge in [-0.2, -0.15) is 0 Å². The molecule has 2 aromatic rings. The van der Waals surface area contributed by atoms with Gasteiger partial charge in [-0.25, -0.2) is 0 Å². The first-order valence-corrected chi connectivity index (χ1v) is 6.92. The molecular formula is C13H18N4OS. The highest BCUT2D eigenvalue weighted by Crippen LogP contribution is 2.24. The normalized spacial score (nSPS) is 11.6. The van der Waals surface area contributed by atoms with E-state index in [1.54, 1.807) is 6.20 Å². The molecule has 0 bridgehead atoms. The summed E-state index contributed by atoms with van der Waals surface area (Å²) in [4.78, 5) is 4.17. The number of hydrogen-bond acceptors (Lipinski definition) is 6. The largest absolute Gasteiger partial charge is 0.428 e. The summed E-state index contributed by atoms with van der Waals surface area (Å²) in [5.41, 5.74) is 1.02. The number of nitrogens with one attached hydrogen (secondary N) is 1. The Kier molecular flexibility index (Phi) is 4.11. The molecule has 102 valence electrons. The Hall–Kier alpha value is -1.53. The van der Waals surface area contributed by atoms with Crippen molar-refractivity contribution in [2.45, 2.75) is 39.8 Å². The molecule has 1 N–H and O–H groups in total. The molecule has 0 aliphatic heterocycles. The Balaban J connectivity index is 1.95. The van der Waals surface area contributed by atoms with Crippen molar-refractivity contribution in [3.05, 3.63) is 29.0 Å². The Labute approximate surface area is 117 Å². The highest BCUT2D eigenvalue weighted by atomic mass is 32.1. The first-order valence-electron chi connectivity index (χ1n) is 6.10. The lowest BCUT2D eigenvalue weighted by atomic mass is 10.1. The minimum atomic E-state index is 0.0631. The fourth-order valence-corrected chi connectivity index (χ4v) is 1.95. The van der Waals surface area contributed by atoms with Crippen LogP contribution in [0.5, 0.6) is 10.9 Å². The van der Waals surface area contributed by atoms with Crippen LogP contribution < -0.4 is 10.1 Å². The Morgan fingerprint density at radius 3 is 2.68 bits per heavy atom. The van der Waals surface area contributed by atoms with Crippen LogP contribution in [0.3, 0.4) is 0 Å². The van der Waals surface area contributed by atoms with Gasteiger partial charge in [0.15, 0.2) is 0 Å². The summed E-state index contributed by atoms with van der Waals surface area (Å²) >= 11 is 1.44. The molecule has 2 rings (SSSR count). The third-order valence-electron chi connectivity index (χ3n) is 2.31.